The van der Waals surface area contributed by atoms with Crippen LogP contribution in [0, 0.1) is 0 Å². The predicted octanol–water partition coefficient (Wildman–Crippen LogP) is 2.58. The zero-order chi connectivity index (χ0) is 9.80. The van der Waals surface area contributed by atoms with E-state index in [1.807, 2.05) is 18.2 Å². The molecule has 0 unspecified atom stereocenters. The average molecular weight is 259 g/mol. The van der Waals surface area contributed by atoms with Gasteiger partial charge in [0.2, 0.25) is 12.5 Å². The number of alkyl halides is 1. The van der Waals surface area contributed by atoms with E-state index in [2.05, 4.69) is 15.9 Å². The third kappa shape index (κ3) is 1.95. The summed E-state index contributed by atoms with van der Waals surface area (Å²) in [6, 6.07) is 5.67. The Morgan fingerprint density at radius 3 is 3.14 bits per heavy atom. The van der Waals surface area contributed by atoms with Gasteiger partial charge in [0.05, 0.1) is 6.61 Å². The summed E-state index contributed by atoms with van der Waals surface area (Å²) in [7, 11) is 0. The first kappa shape index (κ1) is 9.65. The normalized spacial score (nSPS) is 12.9. The SMILES string of the molecule is BrCCCOc1cccc2c1OCO2. The van der Waals surface area contributed by atoms with Gasteiger partial charge >= 0.3 is 0 Å². The van der Waals surface area contributed by atoms with Crippen LogP contribution in [0.1, 0.15) is 6.42 Å². The fourth-order valence-corrected chi connectivity index (χ4v) is 1.48. The van der Waals surface area contributed by atoms with Crippen molar-refractivity contribution in [1.82, 2.24) is 0 Å². The molecule has 0 amide bonds. The standard InChI is InChI=1S/C10H11BrO3/c11-5-2-6-12-8-3-1-4-9-10(8)14-7-13-9/h1,3-4H,2,5-7H2. The molecule has 0 spiro atoms. The van der Waals surface area contributed by atoms with Crippen LogP contribution < -0.4 is 14.2 Å². The van der Waals surface area contributed by atoms with Crippen LogP contribution >= 0.6 is 15.9 Å². The summed E-state index contributed by atoms with van der Waals surface area (Å²) in [5.41, 5.74) is 0. The summed E-state index contributed by atoms with van der Waals surface area (Å²) in [4.78, 5) is 0. The van der Waals surface area contributed by atoms with Crippen LogP contribution in [0.25, 0.3) is 0 Å². The van der Waals surface area contributed by atoms with Crippen molar-refractivity contribution in [3.8, 4) is 17.2 Å². The van der Waals surface area contributed by atoms with E-state index in [0.717, 1.165) is 29.0 Å². The van der Waals surface area contributed by atoms with Crippen molar-refractivity contribution in [1.29, 1.82) is 0 Å². The zero-order valence-corrected chi connectivity index (χ0v) is 9.25. The fraction of sp³-hybridized carbons (Fsp3) is 0.400. The summed E-state index contributed by atoms with van der Waals surface area (Å²) in [5, 5.41) is 0.944. The number of ether oxygens (including phenoxy) is 3. The van der Waals surface area contributed by atoms with Crippen LogP contribution in [-0.2, 0) is 0 Å². The number of hydrogen-bond donors (Lipinski definition) is 0. The van der Waals surface area contributed by atoms with Crippen molar-refractivity contribution in [2.45, 2.75) is 6.42 Å². The van der Waals surface area contributed by atoms with E-state index >= 15 is 0 Å². The van der Waals surface area contributed by atoms with Gasteiger partial charge in [-0.25, -0.2) is 0 Å². The number of rotatable bonds is 4. The Morgan fingerprint density at radius 2 is 2.29 bits per heavy atom. The molecule has 1 heterocycles. The van der Waals surface area contributed by atoms with Crippen molar-refractivity contribution in [2.75, 3.05) is 18.7 Å². The van der Waals surface area contributed by atoms with Crippen LogP contribution in [0.2, 0.25) is 0 Å². The highest BCUT2D eigenvalue weighted by Crippen LogP contribution is 2.40. The summed E-state index contributed by atoms with van der Waals surface area (Å²) in [6.07, 6.45) is 0.977. The van der Waals surface area contributed by atoms with Gasteiger partial charge in [0.25, 0.3) is 0 Å². The molecule has 1 aromatic rings. The lowest BCUT2D eigenvalue weighted by Gasteiger charge is -2.07. The van der Waals surface area contributed by atoms with Crippen molar-refractivity contribution in [2.24, 2.45) is 0 Å². The number of halogens is 1. The van der Waals surface area contributed by atoms with Crippen molar-refractivity contribution < 1.29 is 14.2 Å². The Labute approximate surface area is 91.1 Å². The van der Waals surface area contributed by atoms with E-state index in [1.165, 1.54) is 0 Å². The molecule has 4 heteroatoms. The van der Waals surface area contributed by atoms with E-state index < -0.39 is 0 Å². The Balaban J connectivity index is 2.06. The van der Waals surface area contributed by atoms with Crippen molar-refractivity contribution >= 4 is 15.9 Å². The molecule has 0 atom stereocenters. The third-order valence-corrected chi connectivity index (χ3v) is 2.46. The minimum atomic E-state index is 0.286. The monoisotopic (exact) mass is 258 g/mol. The van der Waals surface area contributed by atoms with Gasteiger partial charge in [0.1, 0.15) is 0 Å². The molecule has 1 aliphatic rings. The van der Waals surface area contributed by atoms with Gasteiger partial charge in [-0.15, -0.1) is 0 Å². The third-order valence-electron chi connectivity index (χ3n) is 1.90. The molecule has 1 aromatic carbocycles. The van der Waals surface area contributed by atoms with Crippen LogP contribution in [0.4, 0.5) is 0 Å². The van der Waals surface area contributed by atoms with Crippen LogP contribution in [0.15, 0.2) is 18.2 Å². The smallest absolute Gasteiger partial charge is 0.231 e. The molecule has 2 rings (SSSR count). The Morgan fingerprint density at radius 1 is 1.36 bits per heavy atom. The second-order valence-corrected chi connectivity index (χ2v) is 3.67. The van der Waals surface area contributed by atoms with E-state index in [0.29, 0.717) is 6.61 Å². The lowest BCUT2D eigenvalue weighted by molar-refractivity contribution is 0.169. The van der Waals surface area contributed by atoms with Gasteiger partial charge in [-0.2, -0.15) is 0 Å². The van der Waals surface area contributed by atoms with Gasteiger partial charge in [-0.3, -0.25) is 0 Å². The van der Waals surface area contributed by atoms with Gasteiger partial charge in [-0.1, -0.05) is 22.0 Å². The minimum absolute atomic E-state index is 0.286. The van der Waals surface area contributed by atoms with Crippen LogP contribution in [0.5, 0.6) is 17.2 Å². The summed E-state index contributed by atoms with van der Waals surface area (Å²) < 4.78 is 16.1. The number of benzene rings is 1. The molecule has 0 N–H and O–H groups in total. The van der Waals surface area contributed by atoms with Gasteiger partial charge < -0.3 is 14.2 Å². The summed E-state index contributed by atoms with van der Waals surface area (Å²) in [5.74, 6) is 2.25. The molecule has 0 bridgehead atoms. The van der Waals surface area contributed by atoms with Crippen LogP contribution in [-0.4, -0.2) is 18.7 Å². The highest BCUT2D eigenvalue weighted by atomic mass is 79.9. The average Bonchev–Trinajstić information content (AvgIpc) is 2.67. The van der Waals surface area contributed by atoms with Gasteiger partial charge in [-0.05, 0) is 18.6 Å². The first-order valence-electron chi connectivity index (χ1n) is 4.49. The predicted molar refractivity (Wildman–Crippen MR) is 56.5 cm³/mol. The van der Waals surface area contributed by atoms with E-state index in [9.17, 15) is 0 Å². The molecule has 14 heavy (non-hydrogen) atoms. The number of fused-ring (bicyclic) bond motifs is 1. The maximum absolute atomic E-state index is 5.55. The molecule has 0 aromatic heterocycles. The molecule has 1 aliphatic heterocycles. The molecule has 0 radical (unpaired) electrons. The minimum Gasteiger partial charge on any atom is -0.490 e. The van der Waals surface area contributed by atoms with E-state index in [4.69, 9.17) is 14.2 Å². The summed E-state index contributed by atoms with van der Waals surface area (Å²) >= 11 is 3.35. The second-order valence-electron chi connectivity index (χ2n) is 2.88. The molecule has 76 valence electrons. The maximum Gasteiger partial charge on any atom is 0.231 e. The van der Waals surface area contributed by atoms with E-state index in [1.54, 1.807) is 0 Å². The number of para-hydroxylation sites is 1. The highest BCUT2D eigenvalue weighted by molar-refractivity contribution is 9.09. The van der Waals surface area contributed by atoms with E-state index in [-0.39, 0.29) is 6.79 Å². The molecule has 0 saturated heterocycles. The molecular weight excluding hydrogens is 248 g/mol. The largest absolute Gasteiger partial charge is 0.490 e. The molecule has 0 aliphatic carbocycles. The zero-order valence-electron chi connectivity index (χ0n) is 7.66. The fourth-order valence-electron chi connectivity index (χ4n) is 1.25. The lowest BCUT2D eigenvalue weighted by atomic mass is 10.3. The quantitative estimate of drug-likeness (QED) is 0.614. The van der Waals surface area contributed by atoms with Crippen LogP contribution in [0.3, 0.4) is 0 Å². The topological polar surface area (TPSA) is 27.7 Å². The first-order valence-corrected chi connectivity index (χ1v) is 5.61. The molecule has 0 saturated carbocycles. The number of hydrogen-bond acceptors (Lipinski definition) is 3. The Hall–Kier alpha value is -0.900. The molecule has 3 nitrogen and oxygen atoms in total. The van der Waals surface area contributed by atoms with Gasteiger partial charge in [0, 0.05) is 5.33 Å². The van der Waals surface area contributed by atoms with Crippen molar-refractivity contribution in [3.05, 3.63) is 18.2 Å². The lowest BCUT2D eigenvalue weighted by Crippen LogP contribution is -1.99. The Bertz CT molecular complexity index is 314. The summed E-state index contributed by atoms with van der Waals surface area (Å²) in [6.45, 7) is 0.971. The Kier molecular flexibility index (Phi) is 3.14. The second kappa shape index (κ2) is 4.55. The van der Waals surface area contributed by atoms with Crippen molar-refractivity contribution in [3.63, 3.8) is 0 Å². The molecule has 0 fully saturated rings. The molecular formula is C10H11BrO3. The first-order chi connectivity index (χ1) is 6.92. The van der Waals surface area contributed by atoms with Gasteiger partial charge in [0.15, 0.2) is 11.5 Å². The maximum atomic E-state index is 5.55. The highest BCUT2D eigenvalue weighted by Gasteiger charge is 2.17.